The second-order valence-electron chi connectivity index (χ2n) is 7.71. The highest BCUT2D eigenvalue weighted by Crippen LogP contribution is 2.33. The number of esters is 2. The first-order chi connectivity index (χ1) is 16.2. The highest BCUT2D eigenvalue weighted by molar-refractivity contribution is 5.98. The lowest BCUT2D eigenvalue weighted by molar-refractivity contribution is -0.131. The number of nitrogens with zero attached hydrogens (tertiary/aromatic N) is 2. The van der Waals surface area contributed by atoms with Crippen molar-refractivity contribution in [2.75, 3.05) is 32.2 Å². The number of aliphatic hydroxyl groups is 2. The summed E-state index contributed by atoms with van der Waals surface area (Å²) in [5.74, 6) is -1.02. The van der Waals surface area contributed by atoms with Crippen molar-refractivity contribution in [2.24, 2.45) is 0 Å². The fraction of sp³-hybridized carbons (Fsp3) is 0.240. The van der Waals surface area contributed by atoms with Gasteiger partial charge in [0, 0.05) is 50.2 Å². The molecule has 34 heavy (non-hydrogen) atoms. The van der Waals surface area contributed by atoms with E-state index in [2.05, 4.69) is 0 Å². The summed E-state index contributed by atoms with van der Waals surface area (Å²) in [6.07, 6.45) is 0.283. The molecule has 9 nitrogen and oxygen atoms in total. The molecule has 1 atom stereocenters. The van der Waals surface area contributed by atoms with E-state index in [1.807, 2.05) is 31.1 Å². The Bertz CT molecular complexity index is 1230. The zero-order valence-electron chi connectivity index (χ0n) is 19.1. The summed E-state index contributed by atoms with van der Waals surface area (Å²) in [6.45, 7) is 0.254. The molecule has 2 N–H and O–H groups in total. The molecule has 2 aromatic carbocycles. The average Bonchev–Trinajstić information content (AvgIpc) is 2.82. The minimum Gasteiger partial charge on any atom is -0.459 e. The summed E-state index contributed by atoms with van der Waals surface area (Å²) < 4.78 is 11.9. The zero-order valence-corrected chi connectivity index (χ0v) is 19.1. The van der Waals surface area contributed by atoms with E-state index in [0.29, 0.717) is 22.7 Å². The molecule has 3 aromatic rings. The lowest BCUT2D eigenvalue weighted by Crippen LogP contribution is -2.26. The van der Waals surface area contributed by atoms with Crippen molar-refractivity contribution < 1.29 is 29.3 Å². The molecule has 0 fully saturated rings. The van der Waals surface area contributed by atoms with Gasteiger partial charge in [0.2, 0.25) is 0 Å². The van der Waals surface area contributed by atoms with Gasteiger partial charge >= 0.3 is 11.9 Å². The second kappa shape index (κ2) is 10.8. The number of carbonyl (C=O) groups is 2. The number of pyridine rings is 1. The predicted molar refractivity (Wildman–Crippen MR) is 126 cm³/mol. The summed E-state index contributed by atoms with van der Waals surface area (Å²) in [4.78, 5) is 39.0. The van der Waals surface area contributed by atoms with Crippen LogP contribution in [0.5, 0.6) is 5.75 Å². The highest BCUT2D eigenvalue weighted by Gasteiger charge is 2.25. The average molecular weight is 466 g/mol. The number of carbonyl (C=O) groups excluding carboxylic acids is 2. The molecule has 3 rings (SSSR count). The van der Waals surface area contributed by atoms with E-state index in [0.717, 1.165) is 5.69 Å². The van der Waals surface area contributed by atoms with Crippen molar-refractivity contribution in [1.29, 1.82) is 0 Å². The fourth-order valence-corrected chi connectivity index (χ4v) is 3.42. The number of anilines is 1. The smallest absolute Gasteiger partial charge is 0.344 e. The molecule has 0 aliphatic heterocycles. The summed E-state index contributed by atoms with van der Waals surface area (Å²) in [5, 5.41) is 18.6. The van der Waals surface area contributed by atoms with Crippen LogP contribution in [0.4, 0.5) is 5.69 Å². The van der Waals surface area contributed by atoms with Gasteiger partial charge in [0.25, 0.3) is 0 Å². The molecule has 0 saturated carbocycles. The number of hydrogen-bond acceptors (Lipinski definition) is 8. The fourth-order valence-electron chi connectivity index (χ4n) is 3.42. The van der Waals surface area contributed by atoms with Gasteiger partial charge in [-0.05, 0) is 30.3 Å². The highest BCUT2D eigenvalue weighted by atomic mass is 16.5. The Morgan fingerprint density at radius 1 is 1.06 bits per heavy atom. The summed E-state index contributed by atoms with van der Waals surface area (Å²) in [6, 6.07) is 15.1. The Hall–Kier alpha value is -3.95. The first kappa shape index (κ1) is 24.7. The van der Waals surface area contributed by atoms with Crippen molar-refractivity contribution in [1.82, 2.24) is 4.57 Å². The van der Waals surface area contributed by atoms with Gasteiger partial charge in [-0.25, -0.2) is 4.79 Å². The van der Waals surface area contributed by atoms with Gasteiger partial charge in [-0.3, -0.25) is 9.59 Å². The Morgan fingerprint density at radius 3 is 2.35 bits per heavy atom. The second-order valence-corrected chi connectivity index (χ2v) is 7.71. The molecule has 0 bridgehead atoms. The molecule has 0 amide bonds. The molecule has 1 unspecified atom stereocenters. The molecule has 9 heteroatoms. The first-order valence-electron chi connectivity index (χ1n) is 10.5. The van der Waals surface area contributed by atoms with Gasteiger partial charge < -0.3 is 29.2 Å². The monoisotopic (exact) mass is 466 g/mol. The van der Waals surface area contributed by atoms with Gasteiger partial charge in [-0.2, -0.15) is 0 Å². The number of hydrogen-bond donors (Lipinski definition) is 2. The van der Waals surface area contributed by atoms with E-state index in [9.17, 15) is 19.5 Å². The van der Waals surface area contributed by atoms with Gasteiger partial charge in [-0.15, -0.1) is 0 Å². The third kappa shape index (κ3) is 5.51. The number of benzene rings is 2. The summed E-state index contributed by atoms with van der Waals surface area (Å²) >= 11 is 0. The Kier molecular flexibility index (Phi) is 7.83. The number of aromatic nitrogens is 1. The third-order valence-corrected chi connectivity index (χ3v) is 4.94. The first-order valence-corrected chi connectivity index (χ1v) is 10.5. The summed E-state index contributed by atoms with van der Waals surface area (Å²) in [7, 11) is 3.68. The number of ether oxygens (including phenoxy) is 2. The van der Waals surface area contributed by atoms with Gasteiger partial charge in [0.1, 0.15) is 24.0 Å². The molecule has 0 aliphatic rings. The molecule has 0 aliphatic carbocycles. The number of aliphatic hydroxyl groups excluding tert-OH is 2. The maximum atomic E-state index is 13.0. The Labute approximate surface area is 196 Å². The van der Waals surface area contributed by atoms with Crippen LogP contribution >= 0.6 is 0 Å². The topological polar surface area (TPSA) is 118 Å². The third-order valence-electron chi connectivity index (χ3n) is 4.94. The van der Waals surface area contributed by atoms with E-state index in [4.69, 9.17) is 14.6 Å². The molecule has 178 valence electrons. The minimum atomic E-state index is -1.26. The lowest BCUT2D eigenvalue weighted by atomic mass is 10.0. The van der Waals surface area contributed by atoms with Crippen LogP contribution in [-0.2, 0) is 9.53 Å². The zero-order chi connectivity index (χ0) is 24.8. The van der Waals surface area contributed by atoms with Gasteiger partial charge in [-0.1, -0.05) is 18.2 Å². The molecule has 0 spiro atoms. The molecule has 1 heterocycles. The Balaban J connectivity index is 2.24. The van der Waals surface area contributed by atoms with E-state index < -0.39 is 36.7 Å². The maximum absolute atomic E-state index is 13.0. The predicted octanol–water partition coefficient (Wildman–Crippen LogP) is 2.01. The molecule has 0 radical (unpaired) electrons. The number of rotatable bonds is 8. The minimum absolute atomic E-state index is 0.217. The summed E-state index contributed by atoms with van der Waals surface area (Å²) in [5.41, 5.74) is 1.47. The number of para-hydroxylation sites is 1. The standard InChI is InChI=1S/C25H26N2O7/c1-16(29)34-19-10-8-17(9-11-19)27-13-12-22(31)23(25(32)33-15-18(30)14-28)24(27)20-6-4-5-7-21(20)26(2)3/h4-13,18,28,30H,14-15H2,1-3H3. The van der Waals surface area contributed by atoms with Crippen molar-refractivity contribution in [3.63, 3.8) is 0 Å². The van der Waals surface area contributed by atoms with Crippen molar-refractivity contribution in [3.05, 3.63) is 76.6 Å². The van der Waals surface area contributed by atoms with Crippen LogP contribution in [-0.4, -0.2) is 60.1 Å². The van der Waals surface area contributed by atoms with Crippen molar-refractivity contribution in [3.8, 4) is 22.7 Å². The van der Waals surface area contributed by atoms with E-state index in [-0.39, 0.29) is 5.56 Å². The molecular formula is C25H26N2O7. The molecule has 0 saturated heterocycles. The van der Waals surface area contributed by atoms with Crippen LogP contribution in [0.25, 0.3) is 16.9 Å². The van der Waals surface area contributed by atoms with Gasteiger partial charge in [0.05, 0.1) is 12.3 Å². The van der Waals surface area contributed by atoms with E-state index >= 15 is 0 Å². The van der Waals surface area contributed by atoms with Crippen molar-refractivity contribution in [2.45, 2.75) is 13.0 Å². The lowest BCUT2D eigenvalue weighted by Gasteiger charge is -2.22. The van der Waals surface area contributed by atoms with Crippen LogP contribution in [0, 0.1) is 0 Å². The maximum Gasteiger partial charge on any atom is 0.344 e. The van der Waals surface area contributed by atoms with E-state index in [1.54, 1.807) is 47.2 Å². The molecule has 1 aromatic heterocycles. The Morgan fingerprint density at radius 2 is 1.74 bits per heavy atom. The quantitative estimate of drug-likeness (QED) is 0.382. The van der Waals surface area contributed by atoms with Crippen LogP contribution < -0.4 is 15.1 Å². The molecular weight excluding hydrogens is 440 g/mol. The van der Waals surface area contributed by atoms with Crippen LogP contribution in [0.2, 0.25) is 0 Å². The SMILES string of the molecule is CC(=O)Oc1ccc(-n2ccc(=O)c(C(=O)OCC(O)CO)c2-c2ccccc2N(C)C)cc1. The van der Waals surface area contributed by atoms with Crippen LogP contribution in [0.1, 0.15) is 17.3 Å². The normalized spacial score (nSPS) is 11.6. The van der Waals surface area contributed by atoms with Gasteiger partial charge in [0.15, 0.2) is 5.43 Å². The van der Waals surface area contributed by atoms with Crippen molar-refractivity contribution >= 4 is 17.6 Å². The van der Waals surface area contributed by atoms with Crippen LogP contribution in [0.3, 0.4) is 0 Å². The van der Waals surface area contributed by atoms with E-state index in [1.165, 1.54) is 13.0 Å². The largest absolute Gasteiger partial charge is 0.459 e. The van der Waals surface area contributed by atoms with Crippen LogP contribution in [0.15, 0.2) is 65.6 Å².